The SMILES string of the molecule is CC(=O)c1c(-c2ccccc2)cc(-c2ccccc2)n(Cc2ccccc2)c1=O. The average molecular weight is 379 g/mol. The van der Waals surface area contributed by atoms with E-state index in [1.807, 2.05) is 97.1 Å². The highest BCUT2D eigenvalue weighted by molar-refractivity contribution is 6.01. The van der Waals surface area contributed by atoms with Crippen molar-refractivity contribution in [2.24, 2.45) is 0 Å². The highest BCUT2D eigenvalue weighted by Crippen LogP contribution is 2.28. The second-order valence-electron chi connectivity index (χ2n) is 6.98. The molecule has 0 fully saturated rings. The number of hydrogen-bond donors (Lipinski definition) is 0. The first-order valence-corrected chi connectivity index (χ1v) is 9.58. The van der Waals surface area contributed by atoms with Gasteiger partial charge in [0, 0.05) is 5.56 Å². The maximum Gasteiger partial charge on any atom is 0.262 e. The van der Waals surface area contributed by atoms with E-state index in [1.54, 1.807) is 4.57 Å². The molecule has 4 aromatic rings. The van der Waals surface area contributed by atoms with Gasteiger partial charge < -0.3 is 4.57 Å². The van der Waals surface area contributed by atoms with Crippen molar-refractivity contribution in [1.82, 2.24) is 4.57 Å². The summed E-state index contributed by atoms with van der Waals surface area (Å²) >= 11 is 0. The molecule has 0 N–H and O–H groups in total. The molecule has 0 aliphatic carbocycles. The van der Waals surface area contributed by atoms with Gasteiger partial charge in [-0.3, -0.25) is 9.59 Å². The molecular weight excluding hydrogens is 358 g/mol. The summed E-state index contributed by atoms with van der Waals surface area (Å²) in [5, 5.41) is 0. The molecule has 0 unspecified atom stereocenters. The summed E-state index contributed by atoms with van der Waals surface area (Å²) in [4.78, 5) is 26.0. The molecule has 0 amide bonds. The van der Waals surface area contributed by atoms with Gasteiger partial charge in [0.2, 0.25) is 0 Å². The molecule has 0 spiro atoms. The molecule has 0 bridgehead atoms. The summed E-state index contributed by atoms with van der Waals surface area (Å²) in [5.41, 5.74) is 4.24. The normalized spacial score (nSPS) is 10.7. The Morgan fingerprint density at radius 2 is 1.28 bits per heavy atom. The van der Waals surface area contributed by atoms with E-state index in [4.69, 9.17) is 0 Å². The summed E-state index contributed by atoms with van der Waals surface area (Å²) in [5.74, 6) is -0.227. The molecule has 1 heterocycles. The Bertz CT molecular complexity index is 1190. The summed E-state index contributed by atoms with van der Waals surface area (Å²) in [6.07, 6.45) is 0. The van der Waals surface area contributed by atoms with Crippen LogP contribution in [0.2, 0.25) is 0 Å². The number of aromatic nitrogens is 1. The first-order chi connectivity index (χ1) is 14.1. The third-order valence-electron chi connectivity index (χ3n) is 4.99. The van der Waals surface area contributed by atoms with Crippen LogP contribution in [0.15, 0.2) is 102 Å². The number of hydrogen-bond acceptors (Lipinski definition) is 2. The van der Waals surface area contributed by atoms with E-state index in [-0.39, 0.29) is 16.9 Å². The van der Waals surface area contributed by atoms with E-state index in [0.29, 0.717) is 12.1 Å². The summed E-state index contributed by atoms with van der Waals surface area (Å²) in [7, 11) is 0. The van der Waals surface area contributed by atoms with Crippen LogP contribution in [0.5, 0.6) is 0 Å². The second-order valence-corrected chi connectivity index (χ2v) is 6.98. The largest absolute Gasteiger partial charge is 0.303 e. The zero-order valence-corrected chi connectivity index (χ0v) is 16.2. The van der Waals surface area contributed by atoms with E-state index >= 15 is 0 Å². The lowest BCUT2D eigenvalue weighted by Gasteiger charge is -2.18. The molecule has 0 saturated carbocycles. The Balaban J connectivity index is 2.02. The average Bonchev–Trinajstić information content (AvgIpc) is 2.76. The number of pyridine rings is 1. The van der Waals surface area contributed by atoms with Crippen LogP contribution in [-0.4, -0.2) is 10.4 Å². The van der Waals surface area contributed by atoms with Crippen LogP contribution in [0.4, 0.5) is 0 Å². The van der Waals surface area contributed by atoms with E-state index in [0.717, 1.165) is 22.4 Å². The maximum absolute atomic E-state index is 13.5. The fourth-order valence-corrected chi connectivity index (χ4v) is 3.60. The molecule has 142 valence electrons. The molecule has 1 aromatic heterocycles. The lowest BCUT2D eigenvalue weighted by Crippen LogP contribution is -2.28. The van der Waals surface area contributed by atoms with Gasteiger partial charge in [-0.05, 0) is 29.7 Å². The van der Waals surface area contributed by atoms with Crippen molar-refractivity contribution in [3.8, 4) is 22.4 Å². The number of nitrogens with zero attached hydrogens (tertiary/aromatic N) is 1. The standard InChI is InChI=1S/C26H21NO2/c1-19(28)25-23(21-13-7-3-8-14-21)17-24(22-15-9-4-10-16-22)27(26(25)29)18-20-11-5-2-6-12-20/h2-17H,18H2,1H3. The van der Waals surface area contributed by atoms with E-state index in [1.165, 1.54) is 6.92 Å². The molecule has 0 radical (unpaired) electrons. The van der Waals surface area contributed by atoms with Crippen molar-refractivity contribution < 1.29 is 4.79 Å². The fraction of sp³-hybridized carbons (Fsp3) is 0.0769. The number of benzene rings is 3. The van der Waals surface area contributed by atoms with Crippen molar-refractivity contribution in [3.63, 3.8) is 0 Å². The monoisotopic (exact) mass is 379 g/mol. The van der Waals surface area contributed by atoms with Gasteiger partial charge in [0.1, 0.15) is 0 Å². The smallest absolute Gasteiger partial charge is 0.262 e. The molecule has 29 heavy (non-hydrogen) atoms. The maximum atomic E-state index is 13.5. The molecule has 0 saturated heterocycles. The number of carbonyl (C=O) groups excluding carboxylic acids is 1. The van der Waals surface area contributed by atoms with Crippen LogP contribution in [0.25, 0.3) is 22.4 Å². The number of carbonyl (C=O) groups is 1. The van der Waals surface area contributed by atoms with Crippen molar-refractivity contribution in [2.45, 2.75) is 13.5 Å². The Morgan fingerprint density at radius 3 is 1.83 bits per heavy atom. The zero-order valence-electron chi connectivity index (χ0n) is 16.2. The third-order valence-corrected chi connectivity index (χ3v) is 4.99. The minimum Gasteiger partial charge on any atom is -0.303 e. The van der Waals surface area contributed by atoms with Crippen molar-refractivity contribution in [3.05, 3.63) is 119 Å². The first kappa shape index (κ1) is 18.6. The van der Waals surface area contributed by atoms with Crippen LogP contribution >= 0.6 is 0 Å². The number of ketones is 1. The minimum atomic E-state index is -0.262. The molecule has 0 atom stereocenters. The van der Waals surface area contributed by atoms with E-state index in [9.17, 15) is 9.59 Å². The summed E-state index contributed by atoms with van der Waals surface area (Å²) in [6, 6.07) is 31.2. The summed E-state index contributed by atoms with van der Waals surface area (Å²) in [6.45, 7) is 1.86. The quantitative estimate of drug-likeness (QED) is 0.434. The molecular formula is C26H21NO2. The van der Waals surface area contributed by atoms with Gasteiger partial charge in [0.15, 0.2) is 5.78 Å². The summed E-state index contributed by atoms with van der Waals surface area (Å²) < 4.78 is 1.70. The van der Waals surface area contributed by atoms with E-state index in [2.05, 4.69) is 0 Å². The molecule has 4 rings (SSSR count). The van der Waals surface area contributed by atoms with Gasteiger partial charge in [-0.15, -0.1) is 0 Å². The Labute approximate surface area is 169 Å². The third kappa shape index (κ3) is 3.81. The fourth-order valence-electron chi connectivity index (χ4n) is 3.60. The van der Waals surface area contributed by atoms with E-state index < -0.39 is 0 Å². The van der Waals surface area contributed by atoms with Crippen molar-refractivity contribution >= 4 is 5.78 Å². The molecule has 3 heteroatoms. The predicted octanol–water partition coefficient (Wildman–Crippen LogP) is 5.43. The van der Waals surface area contributed by atoms with Crippen molar-refractivity contribution in [1.29, 1.82) is 0 Å². The lowest BCUT2D eigenvalue weighted by atomic mass is 9.96. The Morgan fingerprint density at radius 1 is 0.759 bits per heavy atom. The Hall–Kier alpha value is -3.72. The number of rotatable bonds is 5. The molecule has 3 aromatic carbocycles. The zero-order chi connectivity index (χ0) is 20.2. The Kier molecular flexibility index (Phi) is 5.21. The first-order valence-electron chi connectivity index (χ1n) is 9.58. The number of Topliss-reactive ketones (excluding diaryl/α,β-unsaturated/α-hetero) is 1. The van der Waals surface area contributed by atoms with Crippen LogP contribution < -0.4 is 5.56 Å². The highest BCUT2D eigenvalue weighted by atomic mass is 16.1. The topological polar surface area (TPSA) is 39.1 Å². The van der Waals surface area contributed by atoms with Gasteiger partial charge in [-0.25, -0.2) is 0 Å². The molecule has 0 aliphatic heterocycles. The van der Waals surface area contributed by atoms with Crippen LogP contribution in [0.3, 0.4) is 0 Å². The predicted molar refractivity (Wildman–Crippen MR) is 117 cm³/mol. The van der Waals surface area contributed by atoms with Gasteiger partial charge in [0.25, 0.3) is 5.56 Å². The lowest BCUT2D eigenvalue weighted by molar-refractivity contribution is 0.101. The van der Waals surface area contributed by atoms with Crippen molar-refractivity contribution in [2.75, 3.05) is 0 Å². The molecule has 3 nitrogen and oxygen atoms in total. The van der Waals surface area contributed by atoms with Gasteiger partial charge >= 0.3 is 0 Å². The van der Waals surface area contributed by atoms with Crippen LogP contribution in [0, 0.1) is 0 Å². The van der Waals surface area contributed by atoms with Gasteiger partial charge in [-0.1, -0.05) is 91.0 Å². The van der Waals surface area contributed by atoms with Gasteiger partial charge in [-0.2, -0.15) is 0 Å². The highest BCUT2D eigenvalue weighted by Gasteiger charge is 2.20. The molecule has 0 aliphatic rings. The van der Waals surface area contributed by atoms with Crippen LogP contribution in [0.1, 0.15) is 22.8 Å². The van der Waals surface area contributed by atoms with Crippen LogP contribution in [-0.2, 0) is 6.54 Å². The minimum absolute atomic E-state index is 0.227. The second kappa shape index (κ2) is 8.11. The van der Waals surface area contributed by atoms with Gasteiger partial charge in [0.05, 0.1) is 17.8 Å².